The standard InChI is InChI=1S/C61H38N4O/c1-2-18-41-36-54-52(34-40(41)17-1)47-32-30-39-16-5-8-23-45(39)58(47)65(54)53-33-31-42(35-51(53)46-25-13-29-56-57(46)50-24-9-10-28-55(50)66-56)59-62-60(48-26-11-19-37-14-3-6-21-43(37)48)64-61(63-59)49-27-12-20-38-15-4-7-22-44(38)49/h1-36,60H,(H,62,63,64). The highest BCUT2D eigenvalue weighted by molar-refractivity contribution is 6.22. The van der Waals surface area contributed by atoms with Crippen molar-refractivity contribution in [2.45, 2.75) is 6.17 Å². The van der Waals surface area contributed by atoms with E-state index in [9.17, 15) is 0 Å². The van der Waals surface area contributed by atoms with Crippen LogP contribution in [0.5, 0.6) is 0 Å². The molecule has 1 aliphatic heterocycles. The van der Waals surface area contributed by atoms with Gasteiger partial charge in [-0.25, -0.2) is 9.98 Å². The number of furan rings is 1. The van der Waals surface area contributed by atoms with Gasteiger partial charge >= 0.3 is 0 Å². The van der Waals surface area contributed by atoms with Crippen molar-refractivity contribution >= 4 is 98.5 Å². The number of para-hydroxylation sites is 1. The van der Waals surface area contributed by atoms with Crippen molar-refractivity contribution in [2.75, 3.05) is 0 Å². The van der Waals surface area contributed by atoms with Crippen LogP contribution in [0, 0.1) is 0 Å². The maximum Gasteiger partial charge on any atom is 0.159 e. The molecule has 0 spiro atoms. The van der Waals surface area contributed by atoms with Gasteiger partial charge in [-0.2, -0.15) is 0 Å². The predicted octanol–water partition coefficient (Wildman–Crippen LogP) is 15.5. The predicted molar refractivity (Wildman–Crippen MR) is 275 cm³/mol. The van der Waals surface area contributed by atoms with Gasteiger partial charge < -0.3 is 14.3 Å². The van der Waals surface area contributed by atoms with E-state index in [2.05, 4.69) is 222 Å². The number of aliphatic imine (C=N–C) groups is 2. The molecule has 5 heteroatoms. The highest BCUT2D eigenvalue weighted by Crippen LogP contribution is 2.44. The Morgan fingerprint density at radius 2 is 1.05 bits per heavy atom. The first-order chi connectivity index (χ1) is 32.7. The van der Waals surface area contributed by atoms with Crippen molar-refractivity contribution in [1.29, 1.82) is 0 Å². The van der Waals surface area contributed by atoms with Gasteiger partial charge in [0, 0.05) is 49.2 Å². The molecule has 0 amide bonds. The second-order valence-electron chi connectivity index (χ2n) is 17.3. The summed E-state index contributed by atoms with van der Waals surface area (Å²) in [7, 11) is 0. The molecule has 0 bridgehead atoms. The Bertz CT molecular complexity index is 4220. The summed E-state index contributed by atoms with van der Waals surface area (Å²) in [5.74, 6) is 1.44. The van der Waals surface area contributed by atoms with E-state index in [1.165, 1.54) is 43.2 Å². The van der Waals surface area contributed by atoms with E-state index in [4.69, 9.17) is 14.4 Å². The Labute approximate surface area is 379 Å². The molecule has 13 aromatic rings. The van der Waals surface area contributed by atoms with Crippen molar-refractivity contribution in [3.8, 4) is 16.8 Å². The molecule has 0 radical (unpaired) electrons. The average Bonchev–Trinajstić information content (AvgIpc) is 3.93. The highest BCUT2D eigenvalue weighted by Gasteiger charge is 2.26. The van der Waals surface area contributed by atoms with Gasteiger partial charge in [0.05, 0.1) is 16.7 Å². The van der Waals surface area contributed by atoms with E-state index in [0.717, 1.165) is 83.0 Å². The Balaban J connectivity index is 1.08. The van der Waals surface area contributed by atoms with Crippen molar-refractivity contribution in [3.63, 3.8) is 0 Å². The Hall–Kier alpha value is -8.80. The maximum absolute atomic E-state index is 6.57. The zero-order chi connectivity index (χ0) is 43.3. The quantitative estimate of drug-likeness (QED) is 0.188. The van der Waals surface area contributed by atoms with Crippen LogP contribution in [0.2, 0.25) is 0 Å². The number of nitrogens with zero attached hydrogens (tertiary/aromatic N) is 3. The third-order valence-corrected chi connectivity index (χ3v) is 13.6. The molecule has 11 aromatic carbocycles. The summed E-state index contributed by atoms with van der Waals surface area (Å²) in [4.78, 5) is 11.0. The molecule has 0 fully saturated rings. The van der Waals surface area contributed by atoms with E-state index in [1.807, 2.05) is 6.07 Å². The second kappa shape index (κ2) is 14.4. The first-order valence-corrected chi connectivity index (χ1v) is 22.5. The van der Waals surface area contributed by atoms with E-state index in [1.54, 1.807) is 0 Å². The van der Waals surface area contributed by atoms with Crippen LogP contribution in [0.4, 0.5) is 0 Å². The minimum Gasteiger partial charge on any atom is -0.456 e. The number of hydrogen-bond donors (Lipinski definition) is 1. The fourth-order valence-corrected chi connectivity index (χ4v) is 10.6. The van der Waals surface area contributed by atoms with Crippen LogP contribution in [0.3, 0.4) is 0 Å². The SMILES string of the molecule is c1ccc2cc3c(cc2c1)c1ccc2ccccc2c1n3-c1ccc(C2=NC(c3cccc4ccccc34)NC(c3cccc4ccccc34)=N2)cc1-c1cccc2oc3ccccc3c12. The molecule has 0 saturated carbocycles. The normalized spacial score (nSPS) is 14.2. The monoisotopic (exact) mass is 842 g/mol. The zero-order valence-electron chi connectivity index (χ0n) is 35.6. The van der Waals surface area contributed by atoms with Gasteiger partial charge in [0.2, 0.25) is 0 Å². The first-order valence-electron chi connectivity index (χ1n) is 22.5. The van der Waals surface area contributed by atoms with Gasteiger partial charge in [-0.15, -0.1) is 0 Å². The Morgan fingerprint density at radius 1 is 0.424 bits per heavy atom. The van der Waals surface area contributed by atoms with E-state index in [0.29, 0.717) is 5.84 Å². The number of nitrogens with one attached hydrogen (secondary N) is 1. The number of rotatable bonds is 5. The van der Waals surface area contributed by atoms with Crippen molar-refractivity contribution in [1.82, 2.24) is 9.88 Å². The molecule has 1 aliphatic rings. The molecule has 1 unspecified atom stereocenters. The number of aromatic nitrogens is 1. The molecule has 14 rings (SSSR count). The molecule has 308 valence electrons. The lowest BCUT2D eigenvalue weighted by Gasteiger charge is -2.25. The van der Waals surface area contributed by atoms with Crippen LogP contribution in [0.25, 0.3) is 104 Å². The van der Waals surface area contributed by atoms with Crippen molar-refractivity contribution in [2.24, 2.45) is 9.98 Å². The average molecular weight is 843 g/mol. The molecule has 0 saturated heterocycles. The molecule has 5 nitrogen and oxygen atoms in total. The largest absolute Gasteiger partial charge is 0.456 e. The molecule has 0 aliphatic carbocycles. The molecular weight excluding hydrogens is 805 g/mol. The summed E-state index contributed by atoms with van der Waals surface area (Å²) in [6.07, 6.45) is -0.404. The van der Waals surface area contributed by atoms with Gasteiger partial charge in [-0.05, 0) is 85.7 Å². The molecule has 1 atom stereocenters. The fourth-order valence-electron chi connectivity index (χ4n) is 10.6. The summed E-state index contributed by atoms with van der Waals surface area (Å²) in [5, 5.41) is 17.8. The number of hydrogen-bond acceptors (Lipinski definition) is 4. The van der Waals surface area contributed by atoms with Gasteiger partial charge in [0.25, 0.3) is 0 Å². The third-order valence-electron chi connectivity index (χ3n) is 13.6. The summed E-state index contributed by atoms with van der Waals surface area (Å²) in [6.45, 7) is 0. The smallest absolute Gasteiger partial charge is 0.159 e. The van der Waals surface area contributed by atoms with Crippen molar-refractivity contribution < 1.29 is 4.42 Å². The lowest BCUT2D eigenvalue weighted by molar-refractivity contribution is 0.669. The maximum atomic E-state index is 6.57. The van der Waals surface area contributed by atoms with Crippen LogP contribution >= 0.6 is 0 Å². The Morgan fingerprint density at radius 3 is 1.88 bits per heavy atom. The fraction of sp³-hybridized carbons (Fsp3) is 0.0164. The second-order valence-corrected chi connectivity index (χ2v) is 17.3. The van der Waals surface area contributed by atoms with Gasteiger partial charge in [-0.1, -0.05) is 176 Å². The summed E-state index contributed by atoms with van der Waals surface area (Å²) in [6, 6.07) is 78.2. The molecule has 1 N–H and O–H groups in total. The van der Waals surface area contributed by atoms with Gasteiger partial charge in [0.1, 0.15) is 23.2 Å². The lowest BCUT2D eigenvalue weighted by Crippen LogP contribution is -2.33. The number of fused-ring (bicyclic) bond motifs is 11. The minimum atomic E-state index is -0.404. The third kappa shape index (κ3) is 5.60. The van der Waals surface area contributed by atoms with Gasteiger partial charge in [-0.3, -0.25) is 0 Å². The summed E-state index contributed by atoms with van der Waals surface area (Å²) >= 11 is 0. The van der Waals surface area contributed by atoms with E-state index >= 15 is 0 Å². The minimum absolute atomic E-state index is 0.404. The zero-order valence-corrected chi connectivity index (χ0v) is 35.6. The van der Waals surface area contributed by atoms with Crippen LogP contribution in [0.15, 0.2) is 233 Å². The van der Waals surface area contributed by atoms with Crippen molar-refractivity contribution in [3.05, 3.63) is 235 Å². The highest BCUT2D eigenvalue weighted by atomic mass is 16.3. The van der Waals surface area contributed by atoms with E-state index in [-0.39, 0.29) is 0 Å². The molecule has 3 heterocycles. The molecule has 66 heavy (non-hydrogen) atoms. The summed E-state index contributed by atoms with van der Waals surface area (Å²) in [5.41, 5.74) is 10.2. The molecule has 2 aromatic heterocycles. The molecular formula is C61H38N4O. The van der Waals surface area contributed by atoms with Crippen LogP contribution in [-0.2, 0) is 0 Å². The van der Waals surface area contributed by atoms with Crippen LogP contribution in [-0.4, -0.2) is 16.2 Å². The summed E-state index contributed by atoms with van der Waals surface area (Å²) < 4.78 is 9.07. The Kier molecular flexibility index (Phi) is 7.98. The number of benzene rings is 11. The van der Waals surface area contributed by atoms with E-state index < -0.39 is 6.17 Å². The number of amidine groups is 2. The van der Waals surface area contributed by atoms with Crippen LogP contribution < -0.4 is 5.32 Å². The van der Waals surface area contributed by atoms with Gasteiger partial charge in [0.15, 0.2) is 5.84 Å². The topological polar surface area (TPSA) is 54.8 Å². The van der Waals surface area contributed by atoms with Crippen LogP contribution in [0.1, 0.15) is 22.9 Å². The lowest BCUT2D eigenvalue weighted by atomic mass is 9.95. The first kappa shape index (κ1) is 36.7.